The molecule has 0 aliphatic heterocycles. The Kier molecular flexibility index (Phi) is 14.8. The minimum absolute atomic E-state index is 0.0320. The summed E-state index contributed by atoms with van der Waals surface area (Å²) in [6.07, 6.45) is 5.95. The predicted octanol–water partition coefficient (Wildman–Crippen LogP) is -1.33. The van der Waals surface area contributed by atoms with Gasteiger partial charge < -0.3 is 43.2 Å². The fourth-order valence-corrected chi connectivity index (χ4v) is 3.98. The zero-order valence-electron chi connectivity index (χ0n) is 22.1. The lowest BCUT2D eigenvalue weighted by atomic mass is 10.0. The van der Waals surface area contributed by atoms with Crippen LogP contribution in [0.15, 0.2) is 17.5 Å². The molecule has 0 saturated carbocycles. The number of nitrogens with zero attached hydrogens (tertiary/aromatic N) is 2. The summed E-state index contributed by atoms with van der Waals surface area (Å²) in [4.78, 5) is 61.3. The highest BCUT2D eigenvalue weighted by Gasteiger charge is 2.30. The van der Waals surface area contributed by atoms with E-state index in [1.54, 1.807) is 11.8 Å². The second-order valence-corrected chi connectivity index (χ2v) is 10.3. The molecular weight excluding hydrogens is 514 g/mol. The monoisotopic (exact) mass is 555 g/mol. The molecule has 0 aliphatic carbocycles. The van der Waals surface area contributed by atoms with Gasteiger partial charge >= 0.3 is 5.97 Å². The van der Waals surface area contributed by atoms with Crippen LogP contribution in [0.5, 0.6) is 0 Å². The number of carbonyl (C=O) groups excluding carboxylic acids is 3. The van der Waals surface area contributed by atoms with Crippen molar-refractivity contribution in [3.05, 3.63) is 18.2 Å². The zero-order chi connectivity index (χ0) is 28.7. The molecule has 1 aromatic rings. The highest BCUT2D eigenvalue weighted by molar-refractivity contribution is 7.98. The maximum absolute atomic E-state index is 13.2. The number of carbonyl (C=O) groups is 4. The van der Waals surface area contributed by atoms with Gasteiger partial charge in [0.15, 0.2) is 5.96 Å². The van der Waals surface area contributed by atoms with Gasteiger partial charge in [0.25, 0.3) is 0 Å². The minimum atomic E-state index is -1.26. The van der Waals surface area contributed by atoms with Gasteiger partial charge in [-0.15, -0.1) is 0 Å². The first kappa shape index (κ1) is 32.7. The van der Waals surface area contributed by atoms with Gasteiger partial charge in [-0.05, 0) is 43.6 Å². The Morgan fingerprint density at radius 1 is 1.05 bits per heavy atom. The molecule has 38 heavy (non-hydrogen) atoms. The van der Waals surface area contributed by atoms with Crippen LogP contribution in [-0.4, -0.2) is 87.4 Å². The van der Waals surface area contributed by atoms with Crippen molar-refractivity contribution in [2.24, 2.45) is 28.1 Å². The Labute approximate surface area is 226 Å². The first-order valence-electron chi connectivity index (χ1n) is 12.4. The number of carboxylic acid groups (broad SMARTS) is 1. The summed E-state index contributed by atoms with van der Waals surface area (Å²) >= 11 is 1.56. The number of carboxylic acids is 1. The van der Waals surface area contributed by atoms with Gasteiger partial charge in [0.2, 0.25) is 17.7 Å². The molecule has 0 radical (unpaired) electrons. The molecule has 1 rings (SSSR count). The van der Waals surface area contributed by atoms with Crippen LogP contribution in [0.2, 0.25) is 0 Å². The quantitative estimate of drug-likeness (QED) is 0.0602. The van der Waals surface area contributed by atoms with Crippen LogP contribution in [0.25, 0.3) is 0 Å². The van der Waals surface area contributed by atoms with Crippen molar-refractivity contribution in [1.29, 1.82) is 0 Å². The molecule has 214 valence electrons. The second-order valence-electron chi connectivity index (χ2n) is 9.27. The highest BCUT2D eigenvalue weighted by Crippen LogP contribution is 2.09. The van der Waals surface area contributed by atoms with E-state index in [2.05, 4.69) is 30.9 Å². The van der Waals surface area contributed by atoms with Gasteiger partial charge in [0.05, 0.1) is 12.4 Å². The van der Waals surface area contributed by atoms with E-state index in [1.165, 1.54) is 12.5 Å². The molecule has 0 aromatic carbocycles. The Bertz CT molecular complexity index is 922. The lowest BCUT2D eigenvalue weighted by molar-refractivity contribution is -0.142. The third-order valence-corrected chi connectivity index (χ3v) is 6.13. The van der Waals surface area contributed by atoms with Crippen LogP contribution in [0.3, 0.4) is 0 Å². The number of aliphatic carboxylic acids is 1. The molecule has 1 heterocycles. The molecule has 0 spiro atoms. The molecule has 0 aliphatic rings. The molecular formula is C23H41N9O5S. The van der Waals surface area contributed by atoms with E-state index in [1.807, 2.05) is 20.1 Å². The van der Waals surface area contributed by atoms with Crippen LogP contribution in [0, 0.1) is 5.92 Å². The van der Waals surface area contributed by atoms with E-state index in [9.17, 15) is 24.3 Å². The maximum atomic E-state index is 13.2. The first-order valence-corrected chi connectivity index (χ1v) is 13.7. The zero-order valence-corrected chi connectivity index (χ0v) is 22.9. The smallest absolute Gasteiger partial charge is 0.326 e. The Morgan fingerprint density at radius 3 is 2.24 bits per heavy atom. The number of rotatable bonds is 18. The molecule has 1 aromatic heterocycles. The topological polar surface area (TPSA) is 244 Å². The fraction of sp³-hybridized carbons (Fsp3) is 0.652. The second kappa shape index (κ2) is 17.2. The number of H-pyrrole nitrogens is 1. The van der Waals surface area contributed by atoms with Crippen LogP contribution in [0.1, 0.15) is 45.2 Å². The van der Waals surface area contributed by atoms with E-state index in [0.717, 1.165) is 0 Å². The van der Waals surface area contributed by atoms with E-state index in [-0.39, 0.29) is 31.3 Å². The number of imidazole rings is 1. The van der Waals surface area contributed by atoms with Crippen LogP contribution in [0.4, 0.5) is 0 Å². The third kappa shape index (κ3) is 12.8. The molecule has 4 atom stereocenters. The van der Waals surface area contributed by atoms with Gasteiger partial charge in [-0.1, -0.05) is 13.8 Å². The van der Waals surface area contributed by atoms with Crippen molar-refractivity contribution in [1.82, 2.24) is 25.9 Å². The van der Waals surface area contributed by atoms with E-state index >= 15 is 0 Å². The van der Waals surface area contributed by atoms with E-state index in [4.69, 9.17) is 17.2 Å². The molecule has 15 heteroatoms. The summed E-state index contributed by atoms with van der Waals surface area (Å²) in [5, 5.41) is 17.5. The fourth-order valence-electron chi connectivity index (χ4n) is 3.49. The lowest BCUT2D eigenvalue weighted by Gasteiger charge is -2.26. The predicted molar refractivity (Wildman–Crippen MR) is 146 cm³/mol. The number of aromatic nitrogens is 2. The van der Waals surface area contributed by atoms with Crippen molar-refractivity contribution in [3.8, 4) is 0 Å². The number of aromatic amines is 1. The van der Waals surface area contributed by atoms with Gasteiger partial charge in [-0.25, -0.2) is 9.78 Å². The number of thioether (sulfide) groups is 1. The minimum Gasteiger partial charge on any atom is -0.480 e. The molecule has 11 N–H and O–H groups in total. The van der Waals surface area contributed by atoms with Gasteiger partial charge in [-0.2, -0.15) is 11.8 Å². The molecule has 4 unspecified atom stereocenters. The van der Waals surface area contributed by atoms with Crippen molar-refractivity contribution < 1.29 is 24.3 Å². The summed E-state index contributed by atoms with van der Waals surface area (Å²) < 4.78 is 0. The van der Waals surface area contributed by atoms with Crippen molar-refractivity contribution in [2.45, 2.75) is 70.1 Å². The van der Waals surface area contributed by atoms with Crippen molar-refractivity contribution in [2.75, 3.05) is 18.6 Å². The molecule has 0 fully saturated rings. The largest absolute Gasteiger partial charge is 0.480 e. The SMILES string of the molecule is CSCCC(N)C(=O)NC(CC(C)C)C(=O)NC(CCCN=C(N)N)C(=O)NC(Cc1cnc[nH]1)C(=O)O. The number of hydrogen-bond donors (Lipinski definition) is 8. The van der Waals surface area contributed by atoms with E-state index < -0.39 is 47.9 Å². The summed E-state index contributed by atoms with van der Waals surface area (Å²) in [7, 11) is 0. The average Bonchev–Trinajstić information content (AvgIpc) is 3.35. The average molecular weight is 556 g/mol. The highest BCUT2D eigenvalue weighted by atomic mass is 32.2. The number of amides is 3. The van der Waals surface area contributed by atoms with Gasteiger partial charge in [0, 0.05) is 24.9 Å². The summed E-state index contributed by atoms with van der Waals surface area (Å²) in [6.45, 7) is 3.99. The Morgan fingerprint density at radius 2 is 1.68 bits per heavy atom. The number of aliphatic imine (C=N–C) groups is 1. The van der Waals surface area contributed by atoms with Crippen LogP contribution >= 0.6 is 11.8 Å². The lowest BCUT2D eigenvalue weighted by Crippen LogP contribution is -2.57. The third-order valence-electron chi connectivity index (χ3n) is 5.48. The van der Waals surface area contributed by atoms with Crippen LogP contribution in [-0.2, 0) is 25.6 Å². The van der Waals surface area contributed by atoms with Crippen molar-refractivity contribution in [3.63, 3.8) is 0 Å². The summed E-state index contributed by atoms with van der Waals surface area (Å²) in [5.74, 6) is -2.35. The Hall–Kier alpha value is -3.33. The summed E-state index contributed by atoms with van der Waals surface area (Å²) in [5.41, 5.74) is 17.2. The number of hydrogen-bond acceptors (Lipinski definition) is 8. The van der Waals surface area contributed by atoms with Gasteiger partial charge in [-0.3, -0.25) is 19.4 Å². The number of nitrogens with two attached hydrogens (primary N) is 3. The maximum Gasteiger partial charge on any atom is 0.326 e. The Balaban J connectivity index is 3.02. The number of nitrogens with one attached hydrogen (secondary N) is 4. The van der Waals surface area contributed by atoms with Crippen LogP contribution < -0.4 is 33.2 Å². The molecule has 0 saturated heterocycles. The normalized spacial score (nSPS) is 14.1. The molecule has 3 amide bonds. The van der Waals surface area contributed by atoms with Gasteiger partial charge in [0.1, 0.15) is 18.1 Å². The standard InChI is InChI=1S/C23H41N9O5S/c1-13(2)9-17(31-19(33)15(24)6-8-38-3)21(35)30-16(5-4-7-28-23(25)26)20(34)32-18(22(36)37)10-14-11-27-12-29-14/h11-13,15-18H,4-10,24H2,1-3H3,(H,27,29)(H,30,35)(H,31,33)(H,32,34)(H,36,37)(H4,25,26,28). The molecule has 14 nitrogen and oxygen atoms in total. The summed E-state index contributed by atoms with van der Waals surface area (Å²) in [6, 6.07) is -4.07. The van der Waals surface area contributed by atoms with Crippen molar-refractivity contribution >= 4 is 41.4 Å². The first-order chi connectivity index (χ1) is 17.9. The van der Waals surface area contributed by atoms with E-state index in [0.29, 0.717) is 30.7 Å². The molecule has 0 bridgehead atoms. The number of guanidine groups is 1.